The van der Waals surface area contributed by atoms with Gasteiger partial charge < -0.3 is 0 Å². The topological polar surface area (TPSA) is 68.3 Å². The quantitative estimate of drug-likeness (QED) is 0.657. The second kappa shape index (κ2) is 2.54. The predicted octanol–water partition coefficient (Wildman–Crippen LogP) is 0.501. The normalized spacial score (nSPS) is 23.2. The Morgan fingerprint density at radius 1 is 0.929 bits per heavy atom. The first-order chi connectivity index (χ1) is 6.38. The van der Waals surface area contributed by atoms with Crippen molar-refractivity contribution in [2.45, 2.75) is 14.6 Å². The van der Waals surface area contributed by atoms with Crippen LogP contribution in [0.2, 0.25) is 0 Å². The highest BCUT2D eigenvalue weighted by Gasteiger charge is 2.49. The van der Waals surface area contributed by atoms with E-state index in [1.165, 1.54) is 12.1 Å². The van der Waals surface area contributed by atoms with Crippen molar-refractivity contribution in [3.63, 3.8) is 0 Å². The molecule has 0 saturated heterocycles. The molecular weight excluding hydrogens is 231 g/mol. The van der Waals surface area contributed by atoms with Gasteiger partial charge in [-0.2, -0.15) is 0 Å². The Bertz CT molecular complexity index is 535. The molecule has 1 aliphatic rings. The summed E-state index contributed by atoms with van der Waals surface area (Å²) in [4.78, 5) is -3.76. The van der Waals surface area contributed by atoms with E-state index in [0.717, 1.165) is 12.1 Å². The molecule has 0 atom stereocenters. The smallest absolute Gasteiger partial charge is 0.219 e. The molecule has 0 spiro atoms. The minimum atomic E-state index is -4.35. The molecule has 0 fully saturated rings. The van der Waals surface area contributed by atoms with Crippen molar-refractivity contribution in [2.24, 2.45) is 0 Å². The summed E-state index contributed by atoms with van der Waals surface area (Å²) in [6.07, 6.45) is 0. The molecule has 0 amide bonds. The van der Waals surface area contributed by atoms with Crippen molar-refractivity contribution in [1.82, 2.24) is 0 Å². The van der Waals surface area contributed by atoms with E-state index in [4.69, 9.17) is 0 Å². The summed E-state index contributed by atoms with van der Waals surface area (Å²) in [7, 11) is -8.69. The largest absolute Gasteiger partial charge is 0.308 e. The van der Waals surface area contributed by atoms with Crippen LogP contribution in [-0.4, -0.2) is 21.7 Å². The average Bonchev–Trinajstić information content (AvgIpc) is 2.28. The summed E-state index contributed by atoms with van der Waals surface area (Å²) in [5, 5.41) is 0. The summed E-state index contributed by atoms with van der Waals surface area (Å²) in [6.45, 7) is 0. The summed E-state index contributed by atoms with van der Waals surface area (Å²) >= 11 is 0. The number of benzene rings is 1. The molecule has 0 unspecified atom stereocenters. The Kier molecular flexibility index (Phi) is 1.74. The average molecular weight is 236 g/mol. The lowest BCUT2D eigenvalue weighted by Crippen LogP contribution is -2.17. The van der Waals surface area contributed by atoms with Crippen LogP contribution < -0.4 is 0 Å². The maximum Gasteiger partial charge on any atom is 0.308 e. The van der Waals surface area contributed by atoms with Crippen molar-refractivity contribution in [3.8, 4) is 0 Å². The van der Waals surface area contributed by atoms with Gasteiger partial charge in [0.1, 0.15) is 0 Å². The van der Waals surface area contributed by atoms with Gasteiger partial charge in [0.05, 0.1) is 9.79 Å². The van der Waals surface area contributed by atoms with Crippen molar-refractivity contribution < 1.29 is 21.2 Å². The summed E-state index contributed by atoms with van der Waals surface area (Å²) in [5.41, 5.74) is 0. The fourth-order valence-electron chi connectivity index (χ4n) is 1.29. The molecule has 0 N–H and O–H groups in total. The molecule has 0 bridgehead atoms. The summed E-state index contributed by atoms with van der Waals surface area (Å²) < 4.78 is 58.1. The Hall–Kier alpha value is -0.950. The number of alkyl halides is 1. The van der Waals surface area contributed by atoms with Gasteiger partial charge in [0.25, 0.3) is 0 Å². The monoisotopic (exact) mass is 236 g/mol. The van der Waals surface area contributed by atoms with E-state index in [1.807, 2.05) is 0 Å². The molecule has 1 heterocycles. The van der Waals surface area contributed by atoms with E-state index >= 15 is 0 Å². The third-order valence-corrected chi connectivity index (χ3v) is 6.51. The van der Waals surface area contributed by atoms with Gasteiger partial charge in [-0.05, 0) is 12.1 Å². The van der Waals surface area contributed by atoms with Crippen molar-refractivity contribution in [1.29, 1.82) is 0 Å². The summed E-state index contributed by atoms with van der Waals surface area (Å²) in [5.74, 6) is 0. The fraction of sp³-hybridized carbons (Fsp3) is 0.143. The van der Waals surface area contributed by atoms with Crippen LogP contribution in [0.25, 0.3) is 0 Å². The first-order valence-electron chi connectivity index (χ1n) is 3.59. The zero-order valence-electron chi connectivity index (χ0n) is 6.71. The maximum absolute atomic E-state index is 13.1. The van der Waals surface area contributed by atoms with Crippen LogP contribution in [0.3, 0.4) is 0 Å². The van der Waals surface area contributed by atoms with Crippen molar-refractivity contribution >= 4 is 19.7 Å². The lowest BCUT2D eigenvalue weighted by molar-refractivity contribution is 0.485. The highest BCUT2D eigenvalue weighted by atomic mass is 32.3. The zero-order valence-corrected chi connectivity index (χ0v) is 8.35. The number of fused-ring (bicyclic) bond motifs is 1. The van der Waals surface area contributed by atoms with Gasteiger partial charge in [0, 0.05) is 0 Å². The van der Waals surface area contributed by atoms with Crippen LogP contribution >= 0.6 is 0 Å². The molecule has 4 nitrogen and oxygen atoms in total. The lowest BCUT2D eigenvalue weighted by atomic mass is 10.4. The molecule has 0 radical (unpaired) electrons. The predicted molar refractivity (Wildman–Crippen MR) is 45.7 cm³/mol. The lowest BCUT2D eigenvalue weighted by Gasteiger charge is -1.95. The molecular formula is C7H5FO4S2. The highest BCUT2D eigenvalue weighted by molar-refractivity contribution is 8.11. The SMILES string of the molecule is O=S1(=O)c2ccccc2S(=O)(=O)C1F. The highest BCUT2D eigenvalue weighted by Crippen LogP contribution is 2.37. The second-order valence-corrected chi connectivity index (χ2v) is 7.00. The molecule has 76 valence electrons. The Morgan fingerprint density at radius 2 is 1.29 bits per heavy atom. The first kappa shape index (κ1) is 9.60. The Balaban J connectivity index is 2.98. The second-order valence-electron chi connectivity index (χ2n) is 2.81. The molecule has 1 aliphatic heterocycles. The molecule has 7 heteroatoms. The van der Waals surface area contributed by atoms with Gasteiger partial charge >= 0.3 is 4.84 Å². The molecule has 0 aromatic heterocycles. The zero-order chi connectivity index (χ0) is 10.6. The van der Waals surface area contributed by atoms with Crippen molar-refractivity contribution in [3.05, 3.63) is 24.3 Å². The molecule has 1 aromatic rings. The van der Waals surface area contributed by atoms with E-state index in [1.54, 1.807) is 0 Å². The number of hydrogen-bond donors (Lipinski definition) is 0. The molecule has 0 aliphatic carbocycles. The Morgan fingerprint density at radius 3 is 1.64 bits per heavy atom. The van der Waals surface area contributed by atoms with Crippen LogP contribution in [0.15, 0.2) is 34.1 Å². The number of halogens is 1. The minimum absolute atomic E-state index is 0.451. The van der Waals surface area contributed by atoms with Crippen LogP contribution in [0.1, 0.15) is 0 Å². The summed E-state index contributed by atoms with van der Waals surface area (Å²) in [6, 6.07) is 4.87. The number of rotatable bonds is 0. The van der Waals surface area contributed by atoms with E-state index in [9.17, 15) is 21.2 Å². The fourth-order valence-corrected chi connectivity index (χ4v) is 5.57. The van der Waals surface area contributed by atoms with Crippen LogP contribution in [0.4, 0.5) is 4.39 Å². The van der Waals surface area contributed by atoms with E-state index in [0.29, 0.717) is 0 Å². The van der Waals surface area contributed by atoms with Gasteiger partial charge in [-0.3, -0.25) is 0 Å². The van der Waals surface area contributed by atoms with Crippen molar-refractivity contribution in [2.75, 3.05) is 0 Å². The molecule has 0 saturated carbocycles. The molecule has 14 heavy (non-hydrogen) atoms. The minimum Gasteiger partial charge on any atom is -0.219 e. The van der Waals surface area contributed by atoms with Crippen LogP contribution in [0, 0.1) is 0 Å². The third kappa shape index (κ3) is 0.963. The van der Waals surface area contributed by atoms with E-state index in [2.05, 4.69) is 0 Å². The van der Waals surface area contributed by atoms with Gasteiger partial charge in [-0.25, -0.2) is 21.2 Å². The molecule has 2 rings (SSSR count). The standard InChI is InChI=1S/C7H5FO4S2/c8-7-13(9,10)5-3-1-2-4-6(5)14(7,11)12/h1-4,7H. The molecule has 1 aromatic carbocycles. The first-order valence-corrected chi connectivity index (χ1v) is 6.68. The Labute approximate surface area is 80.2 Å². The van der Waals surface area contributed by atoms with E-state index in [-0.39, 0.29) is 0 Å². The van der Waals surface area contributed by atoms with Gasteiger partial charge in [-0.15, -0.1) is 0 Å². The maximum atomic E-state index is 13.1. The van der Waals surface area contributed by atoms with Gasteiger partial charge in [-0.1, -0.05) is 12.1 Å². The van der Waals surface area contributed by atoms with Gasteiger partial charge in [0.15, 0.2) is 0 Å². The third-order valence-electron chi connectivity index (χ3n) is 1.95. The number of hydrogen-bond acceptors (Lipinski definition) is 4. The van der Waals surface area contributed by atoms with Crippen LogP contribution in [-0.2, 0) is 19.7 Å². The van der Waals surface area contributed by atoms with Crippen LogP contribution in [0.5, 0.6) is 0 Å². The number of sulfone groups is 2. The van der Waals surface area contributed by atoms with Gasteiger partial charge in [0.2, 0.25) is 19.7 Å². The van der Waals surface area contributed by atoms with E-state index < -0.39 is 34.3 Å².